The van der Waals surface area contributed by atoms with Crippen molar-refractivity contribution in [2.45, 2.75) is 46.5 Å². The van der Waals surface area contributed by atoms with E-state index in [2.05, 4.69) is 12.2 Å². The summed E-state index contributed by atoms with van der Waals surface area (Å²) in [6.07, 6.45) is 2.87. The molecule has 0 saturated heterocycles. The van der Waals surface area contributed by atoms with E-state index in [4.69, 9.17) is 14.2 Å². The van der Waals surface area contributed by atoms with Crippen molar-refractivity contribution in [1.82, 2.24) is 0 Å². The summed E-state index contributed by atoms with van der Waals surface area (Å²) in [4.78, 5) is 24.5. The number of hydrogen-bond donors (Lipinski definition) is 1. The minimum Gasteiger partial charge on any atom is -0.490 e. The average molecular weight is 414 g/mol. The molecule has 30 heavy (non-hydrogen) atoms. The predicted octanol–water partition coefficient (Wildman–Crippen LogP) is 5.01. The molecular weight excluding hydrogens is 382 g/mol. The van der Waals surface area contributed by atoms with Gasteiger partial charge in [0.1, 0.15) is 0 Å². The van der Waals surface area contributed by atoms with Crippen LogP contribution in [0.15, 0.2) is 42.5 Å². The highest BCUT2D eigenvalue weighted by molar-refractivity contribution is 6.01. The Labute approximate surface area is 178 Å². The van der Waals surface area contributed by atoms with Crippen molar-refractivity contribution in [2.75, 3.05) is 25.1 Å². The molecule has 2 aromatic carbocycles. The predicted molar refractivity (Wildman–Crippen MR) is 117 cm³/mol. The number of amides is 1. The monoisotopic (exact) mass is 413 g/mol. The highest BCUT2D eigenvalue weighted by atomic mass is 16.5. The first-order chi connectivity index (χ1) is 14.6. The van der Waals surface area contributed by atoms with Gasteiger partial charge in [0.15, 0.2) is 11.5 Å². The Morgan fingerprint density at radius 2 is 1.73 bits per heavy atom. The smallest absolute Gasteiger partial charge is 0.340 e. The van der Waals surface area contributed by atoms with E-state index >= 15 is 0 Å². The van der Waals surface area contributed by atoms with E-state index in [1.807, 2.05) is 25.1 Å². The van der Waals surface area contributed by atoms with Gasteiger partial charge in [0.2, 0.25) is 5.91 Å². The number of esters is 1. The van der Waals surface area contributed by atoms with Crippen LogP contribution in [0.3, 0.4) is 0 Å². The normalized spacial score (nSPS) is 10.4. The molecule has 0 aliphatic heterocycles. The molecule has 0 radical (unpaired) electrons. The summed E-state index contributed by atoms with van der Waals surface area (Å²) in [5.41, 5.74) is 1.78. The summed E-state index contributed by atoms with van der Waals surface area (Å²) in [5, 5.41) is 2.81. The molecule has 0 fully saturated rings. The van der Waals surface area contributed by atoms with Gasteiger partial charge in [-0.15, -0.1) is 0 Å². The Morgan fingerprint density at radius 3 is 2.47 bits per heavy atom. The Morgan fingerprint density at radius 1 is 0.933 bits per heavy atom. The van der Waals surface area contributed by atoms with Gasteiger partial charge in [-0.2, -0.15) is 0 Å². The zero-order chi connectivity index (χ0) is 21.8. The molecule has 0 saturated carbocycles. The third kappa shape index (κ3) is 7.10. The number of nitrogens with one attached hydrogen (secondary N) is 1. The third-order valence-corrected chi connectivity index (χ3v) is 4.40. The largest absolute Gasteiger partial charge is 0.490 e. The molecule has 1 N–H and O–H groups in total. The highest BCUT2D eigenvalue weighted by Gasteiger charge is 2.14. The van der Waals surface area contributed by atoms with Crippen LogP contribution in [0.5, 0.6) is 11.5 Å². The van der Waals surface area contributed by atoms with E-state index in [9.17, 15) is 9.59 Å². The fraction of sp³-hybridized carbons (Fsp3) is 0.417. The molecule has 0 aliphatic rings. The molecule has 0 aliphatic carbocycles. The Bertz CT molecular complexity index is 834. The number of hydrogen-bond acceptors (Lipinski definition) is 5. The fourth-order valence-electron chi connectivity index (χ4n) is 2.87. The number of anilines is 1. The number of rotatable bonds is 12. The second-order valence-electron chi connectivity index (χ2n) is 6.73. The highest BCUT2D eigenvalue weighted by Crippen LogP contribution is 2.29. The van der Waals surface area contributed by atoms with E-state index in [0.717, 1.165) is 24.2 Å². The van der Waals surface area contributed by atoms with Crippen molar-refractivity contribution in [3.63, 3.8) is 0 Å². The molecular formula is C24H31NO5. The summed E-state index contributed by atoms with van der Waals surface area (Å²) in [6, 6.07) is 12.6. The lowest BCUT2D eigenvalue weighted by Gasteiger charge is -2.13. The molecule has 0 heterocycles. The minimum absolute atomic E-state index is 0.173. The maximum atomic E-state index is 12.5. The summed E-state index contributed by atoms with van der Waals surface area (Å²) in [7, 11) is 0. The SMILES string of the molecule is CCCCOc1ccc(CCC(=O)Nc2ccccc2C(=O)OCC)cc1OCC. The van der Waals surface area contributed by atoms with Crippen molar-refractivity contribution in [3.8, 4) is 11.5 Å². The molecule has 6 nitrogen and oxygen atoms in total. The number of aryl methyl sites for hydroxylation is 1. The van der Waals surface area contributed by atoms with Crippen LogP contribution < -0.4 is 14.8 Å². The van der Waals surface area contributed by atoms with Crippen molar-refractivity contribution in [3.05, 3.63) is 53.6 Å². The van der Waals surface area contributed by atoms with E-state index in [1.54, 1.807) is 31.2 Å². The zero-order valence-corrected chi connectivity index (χ0v) is 18.0. The molecule has 0 atom stereocenters. The first-order valence-electron chi connectivity index (χ1n) is 10.5. The number of carbonyl (C=O) groups is 2. The second kappa shape index (κ2) is 12.5. The van der Waals surface area contributed by atoms with Crippen LogP contribution in [-0.2, 0) is 16.0 Å². The van der Waals surface area contributed by atoms with Gasteiger partial charge in [-0.05, 0) is 56.5 Å². The Kier molecular flexibility index (Phi) is 9.71. The van der Waals surface area contributed by atoms with Gasteiger partial charge in [0.05, 0.1) is 31.1 Å². The lowest BCUT2D eigenvalue weighted by Crippen LogP contribution is -2.16. The molecule has 0 aromatic heterocycles. The lowest BCUT2D eigenvalue weighted by atomic mass is 10.1. The van der Waals surface area contributed by atoms with Crippen LogP contribution in [0.25, 0.3) is 0 Å². The van der Waals surface area contributed by atoms with Gasteiger partial charge < -0.3 is 19.5 Å². The van der Waals surface area contributed by atoms with E-state index < -0.39 is 5.97 Å². The second-order valence-corrected chi connectivity index (χ2v) is 6.73. The van der Waals surface area contributed by atoms with Gasteiger partial charge in [0, 0.05) is 6.42 Å². The van der Waals surface area contributed by atoms with Crippen LogP contribution in [-0.4, -0.2) is 31.7 Å². The van der Waals surface area contributed by atoms with Crippen molar-refractivity contribution in [1.29, 1.82) is 0 Å². The van der Waals surface area contributed by atoms with E-state index in [-0.39, 0.29) is 18.9 Å². The van der Waals surface area contributed by atoms with Crippen LogP contribution in [0, 0.1) is 0 Å². The van der Waals surface area contributed by atoms with Gasteiger partial charge in [-0.25, -0.2) is 4.79 Å². The van der Waals surface area contributed by atoms with Crippen molar-refractivity contribution in [2.24, 2.45) is 0 Å². The average Bonchev–Trinajstić information content (AvgIpc) is 2.74. The summed E-state index contributed by atoms with van der Waals surface area (Å²) in [6.45, 7) is 7.26. The molecule has 1 amide bonds. The maximum Gasteiger partial charge on any atom is 0.340 e. The Balaban J connectivity index is 1.99. The van der Waals surface area contributed by atoms with Crippen LogP contribution in [0.1, 0.15) is 56.0 Å². The first kappa shape index (κ1) is 23.3. The molecule has 2 aromatic rings. The fourth-order valence-corrected chi connectivity index (χ4v) is 2.87. The number of para-hydroxylation sites is 1. The minimum atomic E-state index is -0.451. The summed E-state index contributed by atoms with van der Waals surface area (Å²) < 4.78 is 16.5. The number of carbonyl (C=O) groups excluding carboxylic acids is 2. The molecule has 0 spiro atoms. The van der Waals surface area contributed by atoms with Crippen molar-refractivity contribution < 1.29 is 23.8 Å². The van der Waals surface area contributed by atoms with Crippen molar-refractivity contribution >= 4 is 17.6 Å². The van der Waals surface area contributed by atoms with Crippen LogP contribution in [0.4, 0.5) is 5.69 Å². The number of ether oxygens (including phenoxy) is 3. The molecule has 162 valence electrons. The lowest BCUT2D eigenvalue weighted by molar-refractivity contribution is -0.116. The number of unbranched alkanes of at least 4 members (excludes halogenated alkanes) is 1. The van der Waals surface area contributed by atoms with E-state index in [1.165, 1.54) is 0 Å². The summed E-state index contributed by atoms with van der Waals surface area (Å²) >= 11 is 0. The molecule has 6 heteroatoms. The zero-order valence-electron chi connectivity index (χ0n) is 18.0. The summed E-state index contributed by atoms with van der Waals surface area (Å²) in [5.74, 6) is 0.794. The van der Waals surface area contributed by atoms with Gasteiger partial charge in [-0.1, -0.05) is 31.5 Å². The quantitative estimate of drug-likeness (QED) is 0.391. The molecule has 0 unspecified atom stereocenters. The van der Waals surface area contributed by atoms with Crippen LogP contribution in [0.2, 0.25) is 0 Å². The van der Waals surface area contributed by atoms with Crippen LogP contribution >= 0.6 is 0 Å². The third-order valence-electron chi connectivity index (χ3n) is 4.40. The topological polar surface area (TPSA) is 73.9 Å². The molecule has 2 rings (SSSR count). The standard InChI is InChI=1S/C24H31NO5/c1-4-7-16-30-21-14-12-18(17-22(21)28-5-2)13-15-23(26)25-20-11-9-8-10-19(20)24(27)29-6-3/h8-12,14,17H,4-7,13,15-16H2,1-3H3,(H,25,26). The maximum absolute atomic E-state index is 12.5. The van der Waals surface area contributed by atoms with E-state index in [0.29, 0.717) is 36.6 Å². The Hall–Kier alpha value is -3.02. The molecule has 0 bridgehead atoms. The van der Waals surface area contributed by atoms with Gasteiger partial charge in [-0.3, -0.25) is 4.79 Å². The van der Waals surface area contributed by atoms with Gasteiger partial charge in [0.25, 0.3) is 0 Å². The first-order valence-corrected chi connectivity index (χ1v) is 10.5. The van der Waals surface area contributed by atoms with Gasteiger partial charge >= 0.3 is 5.97 Å². The number of benzene rings is 2.